The highest BCUT2D eigenvalue weighted by Crippen LogP contribution is 2.24. The van der Waals surface area contributed by atoms with Crippen molar-refractivity contribution in [2.75, 3.05) is 44.6 Å². The molecule has 2 aromatic rings. The molecule has 0 bridgehead atoms. The number of ether oxygens (including phenoxy) is 1. The van der Waals surface area contributed by atoms with E-state index in [1.165, 1.54) is 10.1 Å². The van der Waals surface area contributed by atoms with Crippen molar-refractivity contribution >= 4 is 17.8 Å². The molecule has 240 valence electrons. The second-order valence-corrected chi connectivity index (χ2v) is 12.2. The van der Waals surface area contributed by atoms with Gasteiger partial charge in [-0.05, 0) is 68.8 Å². The maximum absolute atomic E-state index is 12.9. The summed E-state index contributed by atoms with van der Waals surface area (Å²) >= 11 is 0. The Bertz CT molecular complexity index is 1300. The third-order valence-electron chi connectivity index (χ3n) is 9.15. The van der Waals surface area contributed by atoms with Gasteiger partial charge in [-0.2, -0.15) is 4.98 Å². The number of hydrogen-bond acceptors (Lipinski definition) is 8. The molecule has 1 saturated carbocycles. The summed E-state index contributed by atoms with van der Waals surface area (Å²) in [4.78, 5) is 48.8. The van der Waals surface area contributed by atoms with Crippen LogP contribution in [0.25, 0.3) is 5.69 Å². The topological polar surface area (TPSA) is 138 Å². The molecule has 5 rings (SSSR count). The minimum Gasteiger partial charge on any atom is -0.361 e. The van der Waals surface area contributed by atoms with Gasteiger partial charge < -0.3 is 20.3 Å². The van der Waals surface area contributed by atoms with Gasteiger partial charge in [-0.1, -0.05) is 32.4 Å². The number of nitrogens with one attached hydrogen (secondary N) is 2. The Morgan fingerprint density at radius 3 is 2.41 bits per heavy atom. The van der Waals surface area contributed by atoms with Crippen LogP contribution in [0, 0.1) is 0 Å². The molecule has 3 fully saturated rings. The molecule has 1 aliphatic carbocycles. The molecule has 1 aromatic heterocycles. The van der Waals surface area contributed by atoms with Crippen molar-refractivity contribution in [2.24, 2.45) is 5.73 Å². The Kier molecular flexibility index (Phi) is 11.0. The smallest absolute Gasteiger partial charge is 0.354 e. The first-order chi connectivity index (χ1) is 21.3. The summed E-state index contributed by atoms with van der Waals surface area (Å²) in [6.45, 7) is 8.25. The van der Waals surface area contributed by atoms with E-state index in [-0.39, 0.29) is 30.0 Å². The van der Waals surface area contributed by atoms with E-state index < -0.39 is 5.69 Å². The lowest BCUT2D eigenvalue weighted by atomic mass is 9.90. The van der Waals surface area contributed by atoms with Crippen LogP contribution in [-0.2, 0) is 16.1 Å². The molecule has 2 atom stereocenters. The zero-order chi connectivity index (χ0) is 31.1. The van der Waals surface area contributed by atoms with Crippen molar-refractivity contribution in [1.82, 2.24) is 29.6 Å². The number of anilines is 1. The number of aromatic nitrogens is 2. The van der Waals surface area contributed by atoms with Gasteiger partial charge in [0.25, 0.3) is 0 Å². The second-order valence-electron chi connectivity index (χ2n) is 12.2. The van der Waals surface area contributed by atoms with Crippen LogP contribution in [0.1, 0.15) is 64.4 Å². The minimum absolute atomic E-state index is 0.0134. The zero-order valence-corrected chi connectivity index (χ0v) is 26.1. The highest BCUT2D eigenvalue weighted by molar-refractivity contribution is 5.88. The maximum Gasteiger partial charge on any atom is 0.354 e. The van der Waals surface area contributed by atoms with Gasteiger partial charge in [0.1, 0.15) is 18.1 Å². The fraction of sp³-hybridized carbons (Fsp3) is 0.625. The summed E-state index contributed by atoms with van der Waals surface area (Å²) in [5, 5.41) is 6.03. The van der Waals surface area contributed by atoms with Crippen molar-refractivity contribution in [2.45, 2.75) is 89.7 Å². The number of amides is 3. The van der Waals surface area contributed by atoms with Crippen LogP contribution in [0.3, 0.4) is 0 Å². The number of nitrogens with two attached hydrogens (primary N) is 1. The van der Waals surface area contributed by atoms with E-state index in [9.17, 15) is 14.4 Å². The Balaban J connectivity index is 1.10. The summed E-state index contributed by atoms with van der Waals surface area (Å²) in [5.41, 5.74) is 7.54. The van der Waals surface area contributed by atoms with Crippen molar-refractivity contribution in [3.05, 3.63) is 52.6 Å². The molecular weight excluding hydrogens is 560 g/mol. The quantitative estimate of drug-likeness (QED) is 0.374. The normalized spacial score (nSPS) is 24.1. The number of unbranched alkanes of at least 4 members (excludes halogenated alkanes) is 1. The number of carbonyl (C=O) groups excluding carboxylic acids is 2. The van der Waals surface area contributed by atoms with E-state index in [0.29, 0.717) is 44.9 Å². The number of carbonyl (C=O) groups is 2. The molecule has 3 heterocycles. The van der Waals surface area contributed by atoms with Gasteiger partial charge >= 0.3 is 11.7 Å². The number of benzene rings is 1. The van der Waals surface area contributed by atoms with Gasteiger partial charge in [0.2, 0.25) is 5.91 Å². The lowest BCUT2D eigenvalue weighted by molar-refractivity contribution is -0.134. The van der Waals surface area contributed by atoms with Crippen LogP contribution < -0.4 is 22.1 Å². The van der Waals surface area contributed by atoms with Crippen LogP contribution in [0.5, 0.6) is 0 Å². The molecule has 3 amide bonds. The van der Waals surface area contributed by atoms with E-state index in [0.717, 1.165) is 63.7 Å². The summed E-state index contributed by atoms with van der Waals surface area (Å²) in [7, 11) is 0. The van der Waals surface area contributed by atoms with E-state index >= 15 is 0 Å². The van der Waals surface area contributed by atoms with Crippen molar-refractivity contribution in [1.29, 1.82) is 0 Å². The minimum atomic E-state index is -0.469. The number of nitrogens with zero attached hydrogens (tertiary/aromatic N) is 5. The molecule has 1 aromatic carbocycles. The number of piperazine rings is 1. The lowest BCUT2D eigenvalue weighted by Crippen LogP contribution is -2.55. The fourth-order valence-electron chi connectivity index (χ4n) is 6.40. The Labute approximate surface area is 259 Å². The third-order valence-corrected chi connectivity index (χ3v) is 9.15. The lowest BCUT2D eigenvalue weighted by Gasteiger charge is -2.35. The zero-order valence-electron chi connectivity index (χ0n) is 26.1. The molecule has 0 spiro atoms. The molecule has 12 nitrogen and oxygen atoms in total. The van der Waals surface area contributed by atoms with Crippen molar-refractivity contribution in [3.63, 3.8) is 0 Å². The first kappa shape index (κ1) is 32.1. The predicted molar refractivity (Wildman–Crippen MR) is 170 cm³/mol. The summed E-state index contributed by atoms with van der Waals surface area (Å²) in [6, 6.07) is 9.82. The molecule has 0 unspecified atom stereocenters. The molecule has 12 heteroatoms. The van der Waals surface area contributed by atoms with Crippen LogP contribution in [0.15, 0.2) is 41.3 Å². The largest absolute Gasteiger partial charge is 0.361 e. The standard InChI is InChI=1S/C32H48N8O4/c1-3-5-6-29-34-27(22-44-29)30(41)38-17-19-39(20-18-38)31(42)35-28-15-16-40(32(43)36-28)26-11-7-23(8-12-26)21-37(4-2)25-13-9-24(33)10-14-25/h7-8,11-12,15-16,24-25,27,29,34H,3-6,9-10,13-14,17-22,33H2,1-2H3,(H,35,36,42,43)/t24-,25-,27-,29+/m0/s1. The van der Waals surface area contributed by atoms with Gasteiger partial charge in [-0.15, -0.1) is 0 Å². The second kappa shape index (κ2) is 15.1. The Hall–Kier alpha value is -3.32. The Morgan fingerprint density at radius 2 is 1.75 bits per heavy atom. The van der Waals surface area contributed by atoms with E-state index in [1.807, 2.05) is 12.1 Å². The average molecular weight is 609 g/mol. The predicted octanol–water partition coefficient (Wildman–Crippen LogP) is 2.51. The van der Waals surface area contributed by atoms with Crippen LogP contribution in [0.2, 0.25) is 0 Å². The molecule has 44 heavy (non-hydrogen) atoms. The fourth-order valence-corrected chi connectivity index (χ4v) is 6.40. The van der Waals surface area contributed by atoms with Gasteiger partial charge in [-0.25, -0.2) is 9.59 Å². The van der Waals surface area contributed by atoms with Crippen molar-refractivity contribution in [3.8, 4) is 5.69 Å². The average Bonchev–Trinajstić information content (AvgIpc) is 3.52. The number of urea groups is 1. The molecular formula is C32H48N8O4. The molecule has 2 aliphatic heterocycles. The maximum atomic E-state index is 12.9. The van der Waals surface area contributed by atoms with Gasteiger partial charge in [0.15, 0.2) is 0 Å². The van der Waals surface area contributed by atoms with E-state index in [1.54, 1.807) is 22.1 Å². The van der Waals surface area contributed by atoms with Gasteiger partial charge in [0.05, 0.1) is 12.3 Å². The Morgan fingerprint density at radius 1 is 1.05 bits per heavy atom. The van der Waals surface area contributed by atoms with Gasteiger partial charge in [0, 0.05) is 51.0 Å². The van der Waals surface area contributed by atoms with Crippen LogP contribution >= 0.6 is 0 Å². The molecule has 0 radical (unpaired) electrons. The third kappa shape index (κ3) is 8.03. The van der Waals surface area contributed by atoms with Crippen LogP contribution in [-0.4, -0.2) is 99.9 Å². The van der Waals surface area contributed by atoms with Crippen molar-refractivity contribution < 1.29 is 14.3 Å². The molecule has 3 aliphatic rings. The molecule has 2 saturated heterocycles. The number of rotatable bonds is 10. The molecule has 4 N–H and O–H groups in total. The summed E-state index contributed by atoms with van der Waals surface area (Å²) < 4.78 is 7.20. The van der Waals surface area contributed by atoms with E-state index in [2.05, 4.69) is 46.5 Å². The first-order valence-electron chi connectivity index (χ1n) is 16.3. The first-order valence-corrected chi connectivity index (χ1v) is 16.3. The SMILES string of the molecule is CCCC[C@@H]1N[C@H](C(=O)N2CCN(C(=O)Nc3ccn(-c4ccc(CN(CC)[C@H]5CC[C@H](N)CC5)cc4)c(=O)n3)CC2)CO1. The summed E-state index contributed by atoms with van der Waals surface area (Å²) in [5.74, 6) is 0.210. The highest BCUT2D eigenvalue weighted by atomic mass is 16.5. The van der Waals surface area contributed by atoms with E-state index in [4.69, 9.17) is 10.5 Å². The number of hydrogen-bond donors (Lipinski definition) is 3. The highest BCUT2D eigenvalue weighted by Gasteiger charge is 2.34. The van der Waals surface area contributed by atoms with Crippen LogP contribution in [0.4, 0.5) is 10.6 Å². The van der Waals surface area contributed by atoms with Gasteiger partial charge in [-0.3, -0.25) is 24.9 Å². The summed E-state index contributed by atoms with van der Waals surface area (Å²) in [6.07, 6.45) is 9.04. The monoisotopic (exact) mass is 608 g/mol.